The van der Waals surface area contributed by atoms with Gasteiger partial charge in [0.1, 0.15) is 6.04 Å². The van der Waals surface area contributed by atoms with Crippen LogP contribution in [0.5, 0.6) is 0 Å². The maximum atomic E-state index is 13.1. The first-order valence-corrected chi connectivity index (χ1v) is 9.61. The van der Waals surface area contributed by atoms with Crippen LogP contribution in [0.2, 0.25) is 5.02 Å². The Morgan fingerprint density at radius 1 is 1.48 bits per heavy atom. The Hall–Kier alpha value is -2.39. The van der Waals surface area contributed by atoms with E-state index in [2.05, 4.69) is 16.4 Å². The summed E-state index contributed by atoms with van der Waals surface area (Å²) in [7, 11) is 0. The summed E-state index contributed by atoms with van der Waals surface area (Å²) in [4.78, 5) is 32.1. The standard InChI is InChI=1S/C20H23ClN4O2/c1-4-12(7-8-22)24-19(26)18(11(2)3)25-10-14-15(21)9-23-16-6-5-13(17(14)16)20(25)27/h5,9,11-12,18H,4,6-7,10H2,1-3H3,(H,24,26)/t12-,18-/m1/s1. The molecule has 0 saturated carbocycles. The number of rotatable bonds is 6. The van der Waals surface area contributed by atoms with E-state index >= 15 is 0 Å². The van der Waals surface area contributed by atoms with Crippen LogP contribution in [0.4, 0.5) is 0 Å². The molecule has 2 atom stereocenters. The fraction of sp³-hybridized carbons (Fsp3) is 0.500. The smallest absolute Gasteiger partial charge is 0.255 e. The third-order valence-corrected chi connectivity index (χ3v) is 5.54. The molecule has 142 valence electrons. The van der Waals surface area contributed by atoms with Gasteiger partial charge in [-0.15, -0.1) is 0 Å². The molecule has 0 spiro atoms. The third kappa shape index (κ3) is 3.44. The van der Waals surface area contributed by atoms with Crippen LogP contribution in [0.3, 0.4) is 0 Å². The molecule has 0 fully saturated rings. The quantitative estimate of drug-likeness (QED) is 0.814. The largest absolute Gasteiger partial charge is 0.351 e. The lowest BCUT2D eigenvalue weighted by molar-refractivity contribution is -0.139. The fourth-order valence-electron chi connectivity index (χ4n) is 3.81. The molecule has 0 saturated heterocycles. The van der Waals surface area contributed by atoms with Crippen LogP contribution in [0.1, 0.15) is 50.4 Å². The van der Waals surface area contributed by atoms with E-state index in [0.29, 0.717) is 23.4 Å². The van der Waals surface area contributed by atoms with Gasteiger partial charge in [-0.3, -0.25) is 14.6 Å². The normalized spacial score (nSPS) is 17.3. The maximum absolute atomic E-state index is 13.1. The Labute approximate surface area is 164 Å². The van der Waals surface area contributed by atoms with Crippen LogP contribution in [0, 0.1) is 17.2 Å². The van der Waals surface area contributed by atoms with E-state index in [1.807, 2.05) is 26.8 Å². The van der Waals surface area contributed by atoms with E-state index < -0.39 is 6.04 Å². The Morgan fingerprint density at radius 2 is 2.22 bits per heavy atom. The number of amides is 2. The zero-order chi connectivity index (χ0) is 19.7. The Morgan fingerprint density at radius 3 is 2.85 bits per heavy atom. The molecule has 3 rings (SSSR count). The number of carbonyl (C=O) groups is 2. The van der Waals surface area contributed by atoms with Gasteiger partial charge in [-0.1, -0.05) is 38.4 Å². The van der Waals surface area contributed by atoms with Crippen LogP contribution in [0.15, 0.2) is 12.3 Å². The van der Waals surface area contributed by atoms with Crippen molar-refractivity contribution < 1.29 is 9.59 Å². The molecule has 2 amide bonds. The van der Waals surface area contributed by atoms with E-state index in [-0.39, 0.29) is 36.7 Å². The number of allylic oxidation sites excluding steroid dienone is 1. The average molecular weight is 387 g/mol. The number of nitrogens with one attached hydrogen (secondary N) is 1. The minimum absolute atomic E-state index is 0.0859. The number of nitrogens with zero attached hydrogens (tertiary/aromatic N) is 3. The van der Waals surface area contributed by atoms with Gasteiger partial charge in [-0.2, -0.15) is 5.26 Å². The molecule has 1 aliphatic heterocycles. The Balaban J connectivity index is 1.93. The first kappa shape index (κ1) is 19.4. The van der Waals surface area contributed by atoms with E-state index in [1.54, 1.807) is 11.1 Å². The topological polar surface area (TPSA) is 86.1 Å². The highest BCUT2D eigenvalue weighted by Crippen LogP contribution is 2.39. The predicted molar refractivity (Wildman–Crippen MR) is 103 cm³/mol. The summed E-state index contributed by atoms with van der Waals surface area (Å²) in [5.74, 6) is -0.474. The minimum Gasteiger partial charge on any atom is -0.351 e. The zero-order valence-electron chi connectivity index (χ0n) is 15.8. The van der Waals surface area contributed by atoms with Crippen molar-refractivity contribution in [3.05, 3.63) is 34.1 Å². The molecule has 1 aliphatic carbocycles. The summed E-state index contributed by atoms with van der Waals surface area (Å²) in [5.41, 5.74) is 3.14. The number of halogens is 1. The van der Waals surface area contributed by atoms with Gasteiger partial charge in [0.25, 0.3) is 5.91 Å². The van der Waals surface area contributed by atoms with Gasteiger partial charge in [0.05, 0.1) is 23.2 Å². The number of hydrogen-bond donors (Lipinski definition) is 1. The number of nitriles is 1. The summed E-state index contributed by atoms with van der Waals surface area (Å²) in [6.45, 7) is 6.04. The number of aromatic nitrogens is 1. The highest BCUT2D eigenvalue weighted by atomic mass is 35.5. The molecule has 1 aromatic rings. The summed E-state index contributed by atoms with van der Waals surface area (Å²) >= 11 is 6.37. The first-order chi connectivity index (χ1) is 12.9. The van der Waals surface area contributed by atoms with Gasteiger partial charge in [-0.05, 0) is 12.3 Å². The summed E-state index contributed by atoms with van der Waals surface area (Å²) in [5, 5.41) is 12.4. The lowest BCUT2D eigenvalue weighted by Crippen LogP contribution is -2.55. The highest BCUT2D eigenvalue weighted by Gasteiger charge is 2.41. The second-order valence-electron chi connectivity index (χ2n) is 7.33. The van der Waals surface area contributed by atoms with Gasteiger partial charge in [0.15, 0.2) is 0 Å². The predicted octanol–water partition coefficient (Wildman–Crippen LogP) is 2.85. The van der Waals surface area contributed by atoms with Crippen LogP contribution in [-0.4, -0.2) is 33.8 Å². The lowest BCUT2D eigenvalue weighted by Gasteiger charge is -2.38. The average Bonchev–Trinajstić information content (AvgIpc) is 3.06. The number of pyridine rings is 1. The summed E-state index contributed by atoms with van der Waals surface area (Å²) < 4.78 is 0. The second kappa shape index (κ2) is 7.69. The zero-order valence-corrected chi connectivity index (χ0v) is 16.5. The van der Waals surface area contributed by atoms with Gasteiger partial charge < -0.3 is 10.2 Å². The van der Waals surface area contributed by atoms with Crippen molar-refractivity contribution in [1.82, 2.24) is 15.2 Å². The molecule has 6 nitrogen and oxygen atoms in total. The fourth-order valence-corrected chi connectivity index (χ4v) is 4.02. The van der Waals surface area contributed by atoms with Gasteiger partial charge >= 0.3 is 0 Å². The highest BCUT2D eigenvalue weighted by molar-refractivity contribution is 6.32. The van der Waals surface area contributed by atoms with Crippen LogP contribution >= 0.6 is 11.6 Å². The maximum Gasteiger partial charge on any atom is 0.255 e. The molecule has 0 unspecified atom stereocenters. The van der Waals surface area contributed by atoms with Crippen molar-refractivity contribution in [3.8, 4) is 6.07 Å². The lowest BCUT2D eigenvalue weighted by atomic mass is 9.92. The van der Waals surface area contributed by atoms with Crippen molar-refractivity contribution in [1.29, 1.82) is 5.26 Å². The molecular formula is C20H23ClN4O2. The minimum atomic E-state index is -0.632. The molecule has 0 bridgehead atoms. The molecule has 2 heterocycles. The second-order valence-corrected chi connectivity index (χ2v) is 7.73. The summed E-state index contributed by atoms with van der Waals surface area (Å²) in [6.07, 6.45) is 4.99. The molecule has 1 N–H and O–H groups in total. The molecule has 0 radical (unpaired) electrons. The third-order valence-electron chi connectivity index (χ3n) is 5.21. The Kier molecular flexibility index (Phi) is 5.52. The van der Waals surface area contributed by atoms with Crippen LogP contribution in [-0.2, 0) is 22.6 Å². The molecule has 1 aromatic heterocycles. The number of hydrogen-bond acceptors (Lipinski definition) is 4. The molecule has 7 heteroatoms. The van der Waals surface area contributed by atoms with E-state index in [1.165, 1.54) is 0 Å². The van der Waals surface area contributed by atoms with Gasteiger partial charge in [0.2, 0.25) is 5.91 Å². The molecule has 27 heavy (non-hydrogen) atoms. The SMILES string of the molecule is CC[C@H](CC#N)NC(=O)[C@@H](C(C)C)N1Cc2c(Cl)cnc3c2C(=CC3)C1=O. The van der Waals surface area contributed by atoms with Crippen molar-refractivity contribution >= 4 is 29.0 Å². The van der Waals surface area contributed by atoms with E-state index in [9.17, 15) is 9.59 Å². The van der Waals surface area contributed by atoms with Crippen molar-refractivity contribution in [2.24, 2.45) is 5.92 Å². The van der Waals surface area contributed by atoms with Crippen LogP contribution in [0.25, 0.3) is 5.57 Å². The first-order valence-electron chi connectivity index (χ1n) is 9.24. The molecular weight excluding hydrogens is 364 g/mol. The van der Waals surface area contributed by atoms with Crippen molar-refractivity contribution in [2.45, 2.75) is 58.7 Å². The van der Waals surface area contributed by atoms with E-state index in [4.69, 9.17) is 16.9 Å². The van der Waals surface area contributed by atoms with Crippen molar-refractivity contribution in [3.63, 3.8) is 0 Å². The summed E-state index contributed by atoms with van der Waals surface area (Å²) in [6, 6.07) is 1.24. The van der Waals surface area contributed by atoms with Crippen molar-refractivity contribution in [2.75, 3.05) is 0 Å². The van der Waals surface area contributed by atoms with Gasteiger partial charge in [-0.25, -0.2) is 0 Å². The van der Waals surface area contributed by atoms with E-state index in [0.717, 1.165) is 16.8 Å². The molecule has 2 aliphatic rings. The Bertz CT molecular complexity index is 856. The van der Waals surface area contributed by atoms with Crippen LogP contribution < -0.4 is 5.32 Å². The number of carbonyl (C=O) groups excluding carboxylic acids is 2. The monoisotopic (exact) mass is 386 g/mol. The van der Waals surface area contributed by atoms with Gasteiger partial charge in [0, 0.05) is 41.9 Å². The molecule has 0 aromatic carbocycles.